The van der Waals surface area contributed by atoms with Crippen LogP contribution >= 0.6 is 0 Å². The van der Waals surface area contributed by atoms with Gasteiger partial charge in [-0.1, -0.05) is 12.1 Å². The van der Waals surface area contributed by atoms with Crippen LogP contribution in [0.5, 0.6) is 5.75 Å². The van der Waals surface area contributed by atoms with Gasteiger partial charge in [0.05, 0.1) is 11.4 Å². The molecule has 3 N–H and O–H groups in total. The van der Waals surface area contributed by atoms with Crippen LogP contribution in [0.25, 0.3) is 5.82 Å². The summed E-state index contributed by atoms with van der Waals surface area (Å²) >= 11 is 0. The molecule has 0 unspecified atom stereocenters. The summed E-state index contributed by atoms with van der Waals surface area (Å²) < 4.78 is 42.8. The van der Waals surface area contributed by atoms with Crippen molar-refractivity contribution in [1.29, 1.82) is 0 Å². The molecule has 9 nitrogen and oxygen atoms in total. The molecular weight excluding hydrogens is 403 g/mol. The fourth-order valence-corrected chi connectivity index (χ4v) is 2.43. The molecule has 0 saturated heterocycles. The minimum absolute atomic E-state index is 0.102. The molecule has 158 valence electrons. The number of para-hydroxylation sites is 2. The number of hydrogen-bond donors (Lipinski definition) is 3. The highest BCUT2D eigenvalue weighted by Gasteiger charge is 2.32. The van der Waals surface area contributed by atoms with Gasteiger partial charge < -0.3 is 20.7 Å². The van der Waals surface area contributed by atoms with Crippen molar-refractivity contribution in [3.8, 4) is 11.6 Å². The molecule has 2 amide bonds. The van der Waals surface area contributed by atoms with Crippen LogP contribution in [0.3, 0.4) is 0 Å². The zero-order valence-corrected chi connectivity index (χ0v) is 15.8. The van der Waals surface area contributed by atoms with E-state index in [2.05, 4.69) is 35.8 Å². The van der Waals surface area contributed by atoms with Gasteiger partial charge in [-0.05, 0) is 25.1 Å². The third kappa shape index (κ3) is 6.09. The monoisotopic (exact) mass is 421 g/mol. The van der Waals surface area contributed by atoms with Crippen molar-refractivity contribution in [3.63, 3.8) is 0 Å². The van der Waals surface area contributed by atoms with Crippen molar-refractivity contribution in [1.82, 2.24) is 25.1 Å². The number of alkyl halides is 3. The van der Waals surface area contributed by atoms with Gasteiger partial charge in [0.2, 0.25) is 0 Å². The number of carbonyl (C=O) groups excluding carboxylic acids is 1. The molecule has 12 heteroatoms. The maximum atomic E-state index is 12.4. The molecule has 0 spiro atoms. The number of carbonyl (C=O) groups is 1. The number of nitrogens with one attached hydrogen (secondary N) is 3. The van der Waals surface area contributed by atoms with Crippen LogP contribution in [0.15, 0.2) is 48.9 Å². The molecule has 0 fully saturated rings. The standard InChI is InChI=1S/C18H18F3N7O2/c1-12-6-9-28(27-12)16-10-15(24-11-25-16)22-7-8-23-17(29)26-13-4-2-3-5-14(13)30-18(19,20)21/h2-6,9-11H,7-8H2,1H3,(H,22,24,25)(H2,23,26,29). The molecule has 0 aliphatic heterocycles. The lowest BCUT2D eigenvalue weighted by Gasteiger charge is -2.14. The molecule has 0 bridgehead atoms. The van der Waals surface area contributed by atoms with E-state index in [4.69, 9.17) is 0 Å². The summed E-state index contributed by atoms with van der Waals surface area (Å²) in [5, 5.41) is 12.1. The van der Waals surface area contributed by atoms with Gasteiger partial charge in [0.25, 0.3) is 0 Å². The summed E-state index contributed by atoms with van der Waals surface area (Å²) in [6.45, 7) is 2.37. The van der Waals surface area contributed by atoms with E-state index in [1.165, 1.54) is 24.5 Å². The van der Waals surface area contributed by atoms with E-state index >= 15 is 0 Å². The van der Waals surface area contributed by atoms with Gasteiger partial charge in [-0.25, -0.2) is 19.4 Å². The first-order valence-electron chi connectivity index (χ1n) is 8.78. The van der Waals surface area contributed by atoms with Crippen LogP contribution in [0.4, 0.5) is 29.5 Å². The zero-order valence-electron chi connectivity index (χ0n) is 15.8. The van der Waals surface area contributed by atoms with Crippen LogP contribution in [0.2, 0.25) is 0 Å². The predicted molar refractivity (Wildman–Crippen MR) is 103 cm³/mol. The van der Waals surface area contributed by atoms with Gasteiger partial charge in [0.1, 0.15) is 12.1 Å². The van der Waals surface area contributed by atoms with Gasteiger partial charge in [0.15, 0.2) is 11.6 Å². The average molecular weight is 421 g/mol. The molecule has 3 aromatic rings. The molecule has 3 rings (SSSR count). The Morgan fingerprint density at radius 1 is 1.17 bits per heavy atom. The van der Waals surface area contributed by atoms with E-state index in [-0.39, 0.29) is 12.2 Å². The van der Waals surface area contributed by atoms with Crippen molar-refractivity contribution in [2.24, 2.45) is 0 Å². The van der Waals surface area contributed by atoms with Crippen LogP contribution in [0, 0.1) is 6.92 Å². The number of aromatic nitrogens is 4. The minimum atomic E-state index is -4.86. The van der Waals surface area contributed by atoms with Crippen molar-refractivity contribution < 1.29 is 22.7 Å². The fourth-order valence-electron chi connectivity index (χ4n) is 2.43. The van der Waals surface area contributed by atoms with E-state index < -0.39 is 18.1 Å². The Kier molecular flexibility index (Phi) is 6.35. The molecule has 30 heavy (non-hydrogen) atoms. The molecule has 0 atom stereocenters. The highest BCUT2D eigenvalue weighted by molar-refractivity contribution is 5.90. The number of amides is 2. The maximum absolute atomic E-state index is 12.4. The lowest BCUT2D eigenvalue weighted by molar-refractivity contribution is -0.274. The highest BCUT2D eigenvalue weighted by Crippen LogP contribution is 2.29. The smallest absolute Gasteiger partial charge is 0.404 e. The van der Waals surface area contributed by atoms with E-state index in [9.17, 15) is 18.0 Å². The number of halogens is 3. The molecule has 0 radical (unpaired) electrons. The quantitative estimate of drug-likeness (QED) is 0.506. The number of aryl methyl sites for hydroxylation is 1. The average Bonchev–Trinajstić information content (AvgIpc) is 3.12. The Labute approximate surface area is 169 Å². The van der Waals surface area contributed by atoms with Crippen molar-refractivity contribution in [3.05, 3.63) is 54.6 Å². The Morgan fingerprint density at radius 3 is 2.70 bits per heavy atom. The summed E-state index contributed by atoms with van der Waals surface area (Å²) in [6.07, 6.45) is -1.70. The van der Waals surface area contributed by atoms with E-state index in [1.54, 1.807) is 16.9 Å². The Hall–Kier alpha value is -3.83. The summed E-state index contributed by atoms with van der Waals surface area (Å²) in [5.74, 6) is 0.604. The van der Waals surface area contributed by atoms with Gasteiger partial charge in [-0.3, -0.25) is 0 Å². The second-order valence-corrected chi connectivity index (χ2v) is 6.01. The van der Waals surface area contributed by atoms with E-state index in [1.807, 2.05) is 13.0 Å². The summed E-state index contributed by atoms with van der Waals surface area (Å²) in [6, 6.07) is 8.12. The lowest BCUT2D eigenvalue weighted by atomic mass is 10.3. The molecular formula is C18H18F3N7O2. The van der Waals surface area contributed by atoms with Gasteiger partial charge in [-0.15, -0.1) is 13.2 Å². The molecule has 0 saturated carbocycles. The zero-order chi connectivity index (χ0) is 21.6. The van der Waals surface area contributed by atoms with Crippen LogP contribution < -0.4 is 20.7 Å². The molecule has 0 aliphatic rings. The minimum Gasteiger partial charge on any atom is -0.404 e. The Morgan fingerprint density at radius 2 is 1.97 bits per heavy atom. The van der Waals surface area contributed by atoms with Crippen molar-refractivity contribution >= 4 is 17.5 Å². The number of rotatable bonds is 7. The first-order valence-corrected chi connectivity index (χ1v) is 8.78. The molecule has 1 aromatic carbocycles. The Bertz CT molecular complexity index is 1010. The molecule has 0 aliphatic carbocycles. The second-order valence-electron chi connectivity index (χ2n) is 6.01. The summed E-state index contributed by atoms with van der Waals surface area (Å²) in [4.78, 5) is 20.2. The number of anilines is 2. The third-order valence-corrected chi connectivity index (χ3v) is 3.69. The van der Waals surface area contributed by atoms with E-state index in [0.717, 1.165) is 11.8 Å². The van der Waals surface area contributed by atoms with Gasteiger partial charge in [0, 0.05) is 25.4 Å². The van der Waals surface area contributed by atoms with Gasteiger partial charge in [-0.2, -0.15) is 5.10 Å². The SMILES string of the molecule is Cc1ccn(-c2cc(NCCNC(=O)Nc3ccccc3OC(F)(F)F)ncn2)n1. The van der Waals surface area contributed by atoms with Crippen LogP contribution in [0.1, 0.15) is 5.69 Å². The number of benzene rings is 1. The maximum Gasteiger partial charge on any atom is 0.573 e. The second kappa shape index (κ2) is 9.11. The van der Waals surface area contributed by atoms with E-state index in [0.29, 0.717) is 18.2 Å². The molecule has 2 heterocycles. The number of urea groups is 1. The Balaban J connectivity index is 1.48. The summed E-state index contributed by atoms with van der Waals surface area (Å²) in [7, 11) is 0. The topological polar surface area (TPSA) is 106 Å². The van der Waals surface area contributed by atoms with Crippen molar-refractivity contribution in [2.45, 2.75) is 13.3 Å². The van der Waals surface area contributed by atoms with Crippen molar-refractivity contribution in [2.75, 3.05) is 23.7 Å². The first kappa shape index (κ1) is 20.9. The molecule has 2 aromatic heterocycles. The fraction of sp³-hybridized carbons (Fsp3) is 0.222. The van der Waals surface area contributed by atoms with Crippen LogP contribution in [-0.2, 0) is 0 Å². The number of hydrogen-bond acceptors (Lipinski definition) is 6. The largest absolute Gasteiger partial charge is 0.573 e. The number of nitrogens with zero attached hydrogens (tertiary/aromatic N) is 4. The third-order valence-electron chi connectivity index (χ3n) is 3.69. The predicted octanol–water partition coefficient (Wildman–Crippen LogP) is 3.10. The summed E-state index contributed by atoms with van der Waals surface area (Å²) in [5.41, 5.74) is 0.746. The normalized spacial score (nSPS) is 11.1. The lowest BCUT2D eigenvalue weighted by Crippen LogP contribution is -2.33. The van der Waals surface area contributed by atoms with Gasteiger partial charge >= 0.3 is 12.4 Å². The first-order chi connectivity index (χ1) is 14.3. The highest BCUT2D eigenvalue weighted by atomic mass is 19.4. The number of ether oxygens (including phenoxy) is 1. The van der Waals surface area contributed by atoms with Crippen LogP contribution in [-0.4, -0.2) is 45.2 Å².